The van der Waals surface area contributed by atoms with Gasteiger partial charge >= 0.3 is 0 Å². The molecule has 0 N–H and O–H groups in total. The number of fused-ring (bicyclic) bond motifs is 6. The molecule has 1 aromatic heterocycles. The Morgan fingerprint density at radius 1 is 0.488 bits per heavy atom. The number of para-hydroxylation sites is 1. The summed E-state index contributed by atoms with van der Waals surface area (Å²) in [6, 6.07) is 51.0. The molecule has 2 heteroatoms. The van der Waals surface area contributed by atoms with Gasteiger partial charge < -0.3 is 4.90 Å². The van der Waals surface area contributed by atoms with Crippen LogP contribution in [0.5, 0.6) is 0 Å². The second-order valence-electron chi connectivity index (χ2n) is 11.4. The van der Waals surface area contributed by atoms with E-state index in [1.165, 1.54) is 59.2 Å². The van der Waals surface area contributed by atoms with Crippen LogP contribution in [0.4, 0.5) is 17.1 Å². The molecule has 8 rings (SSSR count). The number of thiophene rings is 1. The van der Waals surface area contributed by atoms with Gasteiger partial charge in [-0.25, -0.2) is 0 Å². The fourth-order valence-electron chi connectivity index (χ4n) is 6.62. The summed E-state index contributed by atoms with van der Waals surface area (Å²) in [4.78, 5) is 2.38. The average molecular weight is 544 g/mol. The highest BCUT2D eigenvalue weighted by molar-refractivity contribution is 7.26. The minimum atomic E-state index is -0.0446. The summed E-state index contributed by atoms with van der Waals surface area (Å²) in [6.07, 6.45) is 0. The Morgan fingerprint density at radius 3 is 1.98 bits per heavy atom. The molecular weight excluding hydrogens is 515 g/mol. The highest BCUT2D eigenvalue weighted by atomic mass is 32.1. The molecule has 1 heterocycles. The Balaban J connectivity index is 1.24. The minimum Gasteiger partial charge on any atom is -0.310 e. The molecule has 7 aromatic rings. The summed E-state index contributed by atoms with van der Waals surface area (Å²) in [6.45, 7) is 4.69. The maximum absolute atomic E-state index is 2.40. The molecule has 0 atom stereocenters. The van der Waals surface area contributed by atoms with E-state index in [1.54, 1.807) is 0 Å². The quantitative estimate of drug-likeness (QED) is 0.213. The van der Waals surface area contributed by atoms with E-state index in [0.29, 0.717) is 0 Å². The highest BCUT2D eigenvalue weighted by Crippen LogP contribution is 2.50. The van der Waals surface area contributed by atoms with Gasteiger partial charge in [0.25, 0.3) is 0 Å². The molecule has 0 bridgehead atoms. The lowest BCUT2D eigenvalue weighted by Gasteiger charge is -2.28. The number of nitrogens with zero attached hydrogens (tertiary/aromatic N) is 1. The molecule has 196 valence electrons. The monoisotopic (exact) mass is 543 g/mol. The van der Waals surface area contributed by atoms with Crippen molar-refractivity contribution in [1.29, 1.82) is 0 Å². The van der Waals surface area contributed by atoms with Gasteiger partial charge in [-0.1, -0.05) is 111 Å². The van der Waals surface area contributed by atoms with Crippen molar-refractivity contribution < 1.29 is 0 Å². The SMILES string of the molecule is CC1(C)c2ccccc2-c2ccc(N(c3ccccc3)c3ccc(-c4cccc5c4sc4ccccc45)cc3)cc21. The van der Waals surface area contributed by atoms with Crippen molar-refractivity contribution in [2.75, 3.05) is 4.90 Å². The topological polar surface area (TPSA) is 3.24 Å². The lowest BCUT2D eigenvalue weighted by Crippen LogP contribution is -2.16. The third-order valence-corrected chi connectivity index (χ3v) is 9.90. The number of benzene rings is 6. The van der Waals surface area contributed by atoms with Gasteiger partial charge in [0.1, 0.15) is 0 Å². The molecular formula is C39H29NS. The largest absolute Gasteiger partial charge is 0.310 e. The van der Waals surface area contributed by atoms with E-state index in [4.69, 9.17) is 0 Å². The lowest BCUT2D eigenvalue weighted by atomic mass is 9.82. The Bertz CT molecular complexity index is 2070. The summed E-state index contributed by atoms with van der Waals surface area (Å²) >= 11 is 1.88. The van der Waals surface area contributed by atoms with Crippen molar-refractivity contribution >= 4 is 48.6 Å². The molecule has 0 amide bonds. The Hall–Kier alpha value is -4.66. The predicted octanol–water partition coefficient (Wildman–Crippen LogP) is 11.5. The molecule has 0 unspecified atom stereocenters. The molecule has 0 saturated heterocycles. The van der Waals surface area contributed by atoms with Crippen LogP contribution < -0.4 is 4.90 Å². The number of rotatable bonds is 4. The molecule has 0 fully saturated rings. The first-order valence-corrected chi connectivity index (χ1v) is 15.0. The van der Waals surface area contributed by atoms with E-state index in [1.807, 2.05) is 11.3 Å². The van der Waals surface area contributed by atoms with E-state index in [0.717, 1.165) is 11.4 Å². The molecule has 6 aromatic carbocycles. The Morgan fingerprint density at radius 2 is 1.12 bits per heavy atom. The van der Waals surface area contributed by atoms with Gasteiger partial charge in [-0.15, -0.1) is 11.3 Å². The van der Waals surface area contributed by atoms with E-state index < -0.39 is 0 Å². The zero-order valence-corrected chi connectivity index (χ0v) is 24.0. The zero-order chi connectivity index (χ0) is 27.6. The van der Waals surface area contributed by atoms with Crippen LogP contribution in [0.1, 0.15) is 25.0 Å². The van der Waals surface area contributed by atoms with Crippen molar-refractivity contribution in [3.05, 3.63) is 151 Å². The molecule has 0 radical (unpaired) electrons. The van der Waals surface area contributed by atoms with Gasteiger partial charge in [0.05, 0.1) is 0 Å². The first kappa shape index (κ1) is 24.2. The van der Waals surface area contributed by atoms with E-state index in [-0.39, 0.29) is 5.41 Å². The Labute approximate surface area is 245 Å². The average Bonchev–Trinajstić information content (AvgIpc) is 3.51. The number of hydrogen-bond donors (Lipinski definition) is 0. The molecule has 1 aliphatic rings. The van der Waals surface area contributed by atoms with Crippen molar-refractivity contribution in [2.45, 2.75) is 19.3 Å². The zero-order valence-electron chi connectivity index (χ0n) is 23.1. The maximum atomic E-state index is 2.40. The fraction of sp³-hybridized carbons (Fsp3) is 0.0769. The van der Waals surface area contributed by atoms with E-state index in [2.05, 4.69) is 158 Å². The van der Waals surface area contributed by atoms with Gasteiger partial charge in [-0.3, -0.25) is 0 Å². The standard InChI is InChI=1S/C39H29NS/c1-39(2)35-17-8-6-13-31(35)32-24-23-29(25-36(32)39)40(27-11-4-3-5-12-27)28-21-19-26(20-22-28)30-15-10-16-34-33-14-7-9-18-37(33)41-38(30)34/h3-25H,1-2H3. The van der Waals surface area contributed by atoms with Crippen LogP contribution in [-0.2, 0) is 5.41 Å². The normalized spacial score (nSPS) is 13.3. The highest BCUT2D eigenvalue weighted by Gasteiger charge is 2.35. The third kappa shape index (κ3) is 3.75. The second kappa shape index (κ2) is 9.19. The molecule has 1 aliphatic carbocycles. The van der Waals surface area contributed by atoms with Crippen LogP contribution >= 0.6 is 11.3 Å². The summed E-state index contributed by atoms with van der Waals surface area (Å²) in [7, 11) is 0. The van der Waals surface area contributed by atoms with Gasteiger partial charge in [-0.05, 0) is 75.8 Å². The van der Waals surface area contributed by atoms with Crippen molar-refractivity contribution in [1.82, 2.24) is 0 Å². The van der Waals surface area contributed by atoms with Crippen molar-refractivity contribution in [2.24, 2.45) is 0 Å². The molecule has 1 nitrogen and oxygen atoms in total. The maximum Gasteiger partial charge on any atom is 0.0465 e. The van der Waals surface area contributed by atoms with E-state index in [9.17, 15) is 0 Å². The summed E-state index contributed by atoms with van der Waals surface area (Å²) in [5, 5.41) is 2.67. The molecule has 0 saturated carbocycles. The number of anilines is 3. The van der Waals surface area contributed by atoms with Crippen LogP contribution in [0.3, 0.4) is 0 Å². The van der Waals surface area contributed by atoms with Gasteiger partial charge in [0, 0.05) is 42.6 Å². The summed E-state index contributed by atoms with van der Waals surface area (Å²) in [5.74, 6) is 0. The second-order valence-corrected chi connectivity index (χ2v) is 12.5. The van der Waals surface area contributed by atoms with Crippen molar-refractivity contribution in [3.8, 4) is 22.3 Å². The smallest absolute Gasteiger partial charge is 0.0465 e. The Kier molecular flexibility index (Phi) is 5.42. The predicted molar refractivity (Wildman–Crippen MR) is 177 cm³/mol. The van der Waals surface area contributed by atoms with Crippen molar-refractivity contribution in [3.63, 3.8) is 0 Å². The number of hydrogen-bond acceptors (Lipinski definition) is 2. The summed E-state index contributed by atoms with van der Waals surface area (Å²) in [5.41, 5.74) is 11.4. The van der Waals surface area contributed by atoms with Gasteiger partial charge in [0.15, 0.2) is 0 Å². The van der Waals surface area contributed by atoms with Crippen LogP contribution in [0, 0.1) is 0 Å². The van der Waals surface area contributed by atoms with E-state index >= 15 is 0 Å². The minimum absolute atomic E-state index is 0.0446. The van der Waals surface area contributed by atoms with Gasteiger partial charge in [0.2, 0.25) is 0 Å². The summed E-state index contributed by atoms with van der Waals surface area (Å²) < 4.78 is 2.69. The van der Waals surface area contributed by atoms with Gasteiger partial charge in [-0.2, -0.15) is 0 Å². The molecule has 0 aliphatic heterocycles. The molecule has 41 heavy (non-hydrogen) atoms. The fourth-order valence-corrected chi connectivity index (χ4v) is 7.86. The third-order valence-electron chi connectivity index (χ3n) is 8.68. The van der Waals surface area contributed by atoms with Crippen LogP contribution in [0.2, 0.25) is 0 Å². The van der Waals surface area contributed by atoms with Crippen LogP contribution in [0.25, 0.3) is 42.4 Å². The first-order valence-electron chi connectivity index (χ1n) is 14.2. The first-order chi connectivity index (χ1) is 20.1. The lowest BCUT2D eigenvalue weighted by molar-refractivity contribution is 0.660. The van der Waals surface area contributed by atoms with Crippen LogP contribution in [0.15, 0.2) is 140 Å². The molecule has 0 spiro atoms. The van der Waals surface area contributed by atoms with Crippen LogP contribution in [-0.4, -0.2) is 0 Å².